The molecule has 2 atom stereocenters. The Morgan fingerprint density at radius 1 is 1.19 bits per heavy atom. The molecule has 1 aromatic heterocycles. The molecule has 3 heteroatoms. The van der Waals surface area contributed by atoms with Gasteiger partial charge in [-0.3, -0.25) is 9.98 Å². The third-order valence-corrected chi connectivity index (χ3v) is 6.09. The molecule has 0 saturated carbocycles. The number of para-hydroxylation sites is 1. The van der Waals surface area contributed by atoms with Gasteiger partial charge in [-0.2, -0.15) is 0 Å². The molecule has 4 rings (SSSR count). The van der Waals surface area contributed by atoms with E-state index in [0.29, 0.717) is 6.42 Å². The lowest BCUT2D eigenvalue weighted by Crippen LogP contribution is -2.22. The smallest absolute Gasteiger partial charge is 0.145 e. The summed E-state index contributed by atoms with van der Waals surface area (Å²) in [7, 11) is 0. The highest BCUT2D eigenvalue weighted by atomic mass is 16.3. The van der Waals surface area contributed by atoms with E-state index in [2.05, 4.69) is 55.7 Å². The first kappa shape index (κ1) is 20.8. The van der Waals surface area contributed by atoms with Crippen molar-refractivity contribution in [2.75, 3.05) is 0 Å². The van der Waals surface area contributed by atoms with Crippen LogP contribution >= 0.6 is 0 Å². The van der Waals surface area contributed by atoms with Gasteiger partial charge in [0.25, 0.3) is 0 Å². The summed E-state index contributed by atoms with van der Waals surface area (Å²) in [6.45, 7) is 18.4. The number of hydrogen-bond donors (Lipinski definition) is 0. The molecule has 0 aliphatic carbocycles. The van der Waals surface area contributed by atoms with Crippen LogP contribution in [0.1, 0.15) is 30.9 Å². The summed E-state index contributed by atoms with van der Waals surface area (Å²) in [5.74, 6) is 0.171. The molecule has 31 heavy (non-hydrogen) atoms. The number of hydrogen-bond acceptors (Lipinski definition) is 3. The first-order valence-corrected chi connectivity index (χ1v) is 10.7. The van der Waals surface area contributed by atoms with Crippen LogP contribution in [0.2, 0.25) is 0 Å². The van der Waals surface area contributed by atoms with Crippen molar-refractivity contribution in [3.8, 4) is 0 Å². The zero-order valence-corrected chi connectivity index (χ0v) is 18.1. The molecule has 0 amide bonds. The van der Waals surface area contributed by atoms with E-state index in [1.807, 2.05) is 31.2 Å². The van der Waals surface area contributed by atoms with Gasteiger partial charge >= 0.3 is 0 Å². The van der Waals surface area contributed by atoms with Crippen molar-refractivity contribution in [1.29, 1.82) is 0 Å². The number of furan rings is 1. The second-order valence-electron chi connectivity index (χ2n) is 8.02. The zero-order valence-electron chi connectivity index (χ0n) is 18.1. The highest BCUT2D eigenvalue weighted by Gasteiger charge is 2.26. The number of rotatable bonds is 4. The van der Waals surface area contributed by atoms with Crippen molar-refractivity contribution >= 4 is 34.4 Å². The molecule has 0 radical (unpaired) electrons. The molecule has 0 saturated heterocycles. The summed E-state index contributed by atoms with van der Waals surface area (Å²) in [6, 6.07) is 12.5. The number of aryl methyl sites for hydroxylation is 1. The Bertz CT molecular complexity index is 1250. The van der Waals surface area contributed by atoms with Crippen LogP contribution in [0.4, 0.5) is 0 Å². The van der Waals surface area contributed by atoms with Crippen LogP contribution in [0, 0.1) is 5.92 Å². The molecule has 1 aliphatic rings. The predicted octanol–water partition coefficient (Wildman–Crippen LogP) is 7.23. The molecule has 156 valence electrons. The van der Waals surface area contributed by atoms with Crippen LogP contribution in [0.5, 0.6) is 0 Å². The minimum atomic E-state index is -0.0116. The molecule has 0 bridgehead atoms. The second kappa shape index (κ2) is 8.73. The number of allylic oxidation sites excluding steroid dienone is 3. The first-order valence-electron chi connectivity index (χ1n) is 10.7. The molecule has 0 spiro atoms. The van der Waals surface area contributed by atoms with Crippen LogP contribution in [0.25, 0.3) is 21.9 Å². The lowest BCUT2D eigenvalue weighted by molar-refractivity contribution is 0.455. The normalized spacial score (nSPS) is 21.6. The van der Waals surface area contributed by atoms with Gasteiger partial charge in [0.15, 0.2) is 0 Å². The maximum absolute atomic E-state index is 6.33. The Balaban J connectivity index is 1.93. The fourth-order valence-electron chi connectivity index (χ4n) is 4.59. The molecule has 3 nitrogen and oxygen atoms in total. The first-order chi connectivity index (χ1) is 15.1. The quantitative estimate of drug-likeness (QED) is 0.331. The molecular formula is C28H28N2O. The Hall–Kier alpha value is -3.46. The highest BCUT2D eigenvalue weighted by Crippen LogP contribution is 2.36. The largest absolute Gasteiger partial charge is 0.455 e. The molecule has 2 heterocycles. The molecule has 0 N–H and O–H groups in total. The maximum atomic E-state index is 6.33. The zero-order chi connectivity index (χ0) is 22.0. The van der Waals surface area contributed by atoms with Crippen molar-refractivity contribution in [2.24, 2.45) is 15.9 Å². The SMILES string of the molecule is C=C/C1=N/C(=C)CC(N=C)C(C(=C)/C=C\C)CCc2ccc3c(oc4ccccc43)c21. The van der Waals surface area contributed by atoms with Gasteiger partial charge in [0.05, 0.1) is 11.8 Å². The summed E-state index contributed by atoms with van der Waals surface area (Å²) < 4.78 is 6.33. The molecule has 2 unspecified atom stereocenters. The van der Waals surface area contributed by atoms with Gasteiger partial charge in [-0.05, 0) is 44.2 Å². The fraction of sp³-hybridized carbons (Fsp3) is 0.214. The van der Waals surface area contributed by atoms with Crippen molar-refractivity contribution < 1.29 is 4.42 Å². The van der Waals surface area contributed by atoms with Crippen LogP contribution in [0.3, 0.4) is 0 Å². The van der Waals surface area contributed by atoms with Gasteiger partial charge in [-0.1, -0.05) is 67.8 Å². The van der Waals surface area contributed by atoms with E-state index in [1.54, 1.807) is 6.08 Å². The van der Waals surface area contributed by atoms with Gasteiger partial charge < -0.3 is 4.42 Å². The average Bonchev–Trinajstić information content (AvgIpc) is 3.15. The van der Waals surface area contributed by atoms with E-state index in [9.17, 15) is 0 Å². The minimum absolute atomic E-state index is 0.0116. The molecular weight excluding hydrogens is 380 g/mol. The Kier molecular flexibility index (Phi) is 5.85. The third-order valence-electron chi connectivity index (χ3n) is 6.09. The van der Waals surface area contributed by atoms with E-state index in [1.165, 1.54) is 5.56 Å². The van der Waals surface area contributed by atoms with Gasteiger partial charge in [0.1, 0.15) is 11.2 Å². The van der Waals surface area contributed by atoms with Crippen molar-refractivity contribution in [3.05, 3.63) is 96.8 Å². The highest BCUT2D eigenvalue weighted by molar-refractivity contribution is 6.20. The van der Waals surface area contributed by atoms with E-state index >= 15 is 0 Å². The van der Waals surface area contributed by atoms with Crippen molar-refractivity contribution in [2.45, 2.75) is 32.2 Å². The number of aliphatic imine (C=N–C) groups is 2. The summed E-state index contributed by atoms with van der Waals surface area (Å²) in [6.07, 6.45) is 8.28. The molecule has 3 aromatic rings. The maximum Gasteiger partial charge on any atom is 0.145 e. The van der Waals surface area contributed by atoms with Crippen LogP contribution in [0.15, 0.2) is 100 Å². The summed E-state index contributed by atoms with van der Waals surface area (Å²) in [4.78, 5) is 9.29. The summed E-state index contributed by atoms with van der Waals surface area (Å²) in [5, 5.41) is 2.20. The van der Waals surface area contributed by atoms with Crippen LogP contribution < -0.4 is 0 Å². The topological polar surface area (TPSA) is 37.9 Å². The van der Waals surface area contributed by atoms with Gasteiger partial charge in [0, 0.05) is 34.4 Å². The van der Waals surface area contributed by atoms with Crippen molar-refractivity contribution in [1.82, 2.24) is 0 Å². The second-order valence-corrected chi connectivity index (χ2v) is 8.02. The van der Waals surface area contributed by atoms with Crippen molar-refractivity contribution in [3.63, 3.8) is 0 Å². The number of fused-ring (bicyclic) bond motifs is 5. The summed E-state index contributed by atoms with van der Waals surface area (Å²) >= 11 is 0. The van der Waals surface area contributed by atoms with Crippen LogP contribution in [-0.4, -0.2) is 18.5 Å². The van der Waals surface area contributed by atoms with E-state index in [0.717, 1.165) is 57.3 Å². The standard InChI is InChI=1S/C28H28N2O/c1-6-10-18(3)21-15-13-20-14-16-23-22-11-8-9-12-26(22)31-28(23)27(20)24(7-2)30-19(4)17-25(21)29-5/h6-12,14,16,21,25H,2-5,13,15,17H2,1H3/b10-6-,30-24-. The van der Waals surface area contributed by atoms with Gasteiger partial charge in [-0.15, -0.1) is 0 Å². The monoisotopic (exact) mass is 408 g/mol. The number of benzene rings is 2. The lowest BCUT2D eigenvalue weighted by Gasteiger charge is -2.26. The summed E-state index contributed by atoms with van der Waals surface area (Å²) in [5.41, 5.74) is 6.52. The lowest BCUT2D eigenvalue weighted by atomic mass is 9.83. The molecule has 1 aliphatic heterocycles. The fourth-order valence-corrected chi connectivity index (χ4v) is 4.59. The average molecular weight is 409 g/mol. The van der Waals surface area contributed by atoms with Crippen LogP contribution in [-0.2, 0) is 6.42 Å². The van der Waals surface area contributed by atoms with Gasteiger partial charge in [-0.25, -0.2) is 0 Å². The Morgan fingerprint density at radius 3 is 2.74 bits per heavy atom. The van der Waals surface area contributed by atoms with Gasteiger partial charge in [0.2, 0.25) is 0 Å². The van der Waals surface area contributed by atoms with E-state index < -0.39 is 0 Å². The third kappa shape index (κ3) is 3.84. The Labute approximate surface area is 183 Å². The molecule has 0 fully saturated rings. The van der Waals surface area contributed by atoms with E-state index in [4.69, 9.17) is 9.41 Å². The number of nitrogens with zero attached hydrogens (tertiary/aromatic N) is 2. The Morgan fingerprint density at radius 2 is 2.00 bits per heavy atom. The van der Waals surface area contributed by atoms with E-state index in [-0.39, 0.29) is 12.0 Å². The predicted molar refractivity (Wildman–Crippen MR) is 133 cm³/mol. The minimum Gasteiger partial charge on any atom is -0.455 e. The molecule has 2 aromatic carbocycles.